The number of H-pyrrole nitrogens is 1. The van der Waals surface area contributed by atoms with E-state index in [0.717, 1.165) is 16.9 Å². The van der Waals surface area contributed by atoms with Crippen molar-refractivity contribution in [2.24, 2.45) is 5.73 Å². The van der Waals surface area contributed by atoms with Crippen LogP contribution in [-0.2, 0) is 0 Å². The minimum atomic E-state index is -0.326. The molecular formula is C17H18N4O. The lowest BCUT2D eigenvalue weighted by Gasteiger charge is -2.08. The van der Waals surface area contributed by atoms with E-state index in [4.69, 9.17) is 10.5 Å². The van der Waals surface area contributed by atoms with Crippen LogP contribution < -0.4 is 10.5 Å². The van der Waals surface area contributed by atoms with Crippen molar-refractivity contribution in [2.45, 2.75) is 13.0 Å². The SMILES string of the molecule is COc1cccc(-c2n[nH]c(C(N)c3ccc(C)cc3)n2)c1. The van der Waals surface area contributed by atoms with Gasteiger partial charge in [-0.2, -0.15) is 5.10 Å². The van der Waals surface area contributed by atoms with E-state index in [-0.39, 0.29) is 6.04 Å². The normalized spacial score (nSPS) is 12.1. The summed E-state index contributed by atoms with van der Waals surface area (Å²) in [5.41, 5.74) is 9.34. The number of aromatic amines is 1. The Morgan fingerprint density at radius 3 is 2.64 bits per heavy atom. The summed E-state index contributed by atoms with van der Waals surface area (Å²) in [5.74, 6) is 2.02. The molecule has 22 heavy (non-hydrogen) atoms. The van der Waals surface area contributed by atoms with Crippen molar-refractivity contribution in [1.29, 1.82) is 0 Å². The number of methoxy groups -OCH3 is 1. The van der Waals surface area contributed by atoms with E-state index in [0.29, 0.717) is 11.6 Å². The number of ether oxygens (including phenoxy) is 1. The Morgan fingerprint density at radius 2 is 1.91 bits per heavy atom. The minimum absolute atomic E-state index is 0.326. The number of rotatable bonds is 4. The number of nitrogens with zero attached hydrogens (tertiary/aromatic N) is 2. The summed E-state index contributed by atoms with van der Waals surface area (Å²) in [7, 11) is 1.63. The van der Waals surface area contributed by atoms with Crippen molar-refractivity contribution in [2.75, 3.05) is 7.11 Å². The Labute approximate surface area is 129 Å². The lowest BCUT2D eigenvalue weighted by atomic mass is 10.1. The number of nitrogens with one attached hydrogen (secondary N) is 1. The highest BCUT2D eigenvalue weighted by Crippen LogP contribution is 2.23. The summed E-state index contributed by atoms with van der Waals surface area (Å²) in [6.07, 6.45) is 0. The molecule has 3 rings (SSSR count). The third-order valence-electron chi connectivity index (χ3n) is 3.56. The van der Waals surface area contributed by atoms with Gasteiger partial charge in [-0.1, -0.05) is 42.0 Å². The predicted octanol–water partition coefficient (Wildman–Crippen LogP) is 2.84. The Kier molecular flexibility index (Phi) is 3.89. The molecule has 5 heteroatoms. The molecule has 112 valence electrons. The first-order valence-corrected chi connectivity index (χ1v) is 7.06. The van der Waals surface area contributed by atoms with Crippen LogP contribution >= 0.6 is 0 Å². The summed E-state index contributed by atoms with van der Waals surface area (Å²) < 4.78 is 5.22. The summed E-state index contributed by atoms with van der Waals surface area (Å²) >= 11 is 0. The van der Waals surface area contributed by atoms with E-state index in [1.54, 1.807) is 7.11 Å². The van der Waals surface area contributed by atoms with Gasteiger partial charge in [-0.25, -0.2) is 4.98 Å². The number of benzene rings is 2. The molecule has 0 saturated carbocycles. The molecular weight excluding hydrogens is 276 g/mol. The number of hydrogen-bond acceptors (Lipinski definition) is 4. The smallest absolute Gasteiger partial charge is 0.181 e. The van der Waals surface area contributed by atoms with Crippen molar-refractivity contribution in [3.63, 3.8) is 0 Å². The summed E-state index contributed by atoms with van der Waals surface area (Å²) in [6.45, 7) is 2.05. The molecule has 0 aliphatic carbocycles. The van der Waals surface area contributed by atoms with Crippen LogP contribution in [0.25, 0.3) is 11.4 Å². The number of hydrogen-bond donors (Lipinski definition) is 2. The first-order chi connectivity index (χ1) is 10.7. The zero-order valence-electron chi connectivity index (χ0n) is 12.6. The first-order valence-electron chi connectivity index (χ1n) is 7.06. The number of nitrogens with two attached hydrogens (primary N) is 1. The van der Waals surface area contributed by atoms with Gasteiger partial charge >= 0.3 is 0 Å². The van der Waals surface area contributed by atoms with E-state index >= 15 is 0 Å². The maximum absolute atomic E-state index is 6.26. The zero-order chi connectivity index (χ0) is 15.5. The fraction of sp³-hybridized carbons (Fsp3) is 0.176. The Hall–Kier alpha value is -2.66. The van der Waals surface area contributed by atoms with E-state index in [9.17, 15) is 0 Å². The highest BCUT2D eigenvalue weighted by Gasteiger charge is 2.14. The predicted molar refractivity (Wildman–Crippen MR) is 85.6 cm³/mol. The van der Waals surface area contributed by atoms with E-state index in [1.165, 1.54) is 5.56 Å². The number of aromatic nitrogens is 3. The summed E-state index contributed by atoms with van der Waals surface area (Å²) in [4.78, 5) is 4.51. The molecule has 0 aliphatic heterocycles. The molecule has 0 aliphatic rings. The number of aryl methyl sites for hydroxylation is 1. The van der Waals surface area contributed by atoms with Gasteiger partial charge in [0.2, 0.25) is 0 Å². The van der Waals surface area contributed by atoms with Gasteiger partial charge in [-0.05, 0) is 24.6 Å². The van der Waals surface area contributed by atoms with Gasteiger partial charge in [0.15, 0.2) is 5.82 Å². The molecule has 0 amide bonds. The van der Waals surface area contributed by atoms with Crippen LogP contribution in [0.15, 0.2) is 48.5 Å². The topological polar surface area (TPSA) is 76.8 Å². The van der Waals surface area contributed by atoms with E-state index in [1.807, 2.05) is 55.5 Å². The summed E-state index contributed by atoms with van der Waals surface area (Å²) in [5, 5.41) is 7.18. The van der Waals surface area contributed by atoms with Crippen molar-refractivity contribution >= 4 is 0 Å². The molecule has 1 unspecified atom stereocenters. The van der Waals surface area contributed by atoms with Gasteiger partial charge < -0.3 is 10.5 Å². The Bertz CT molecular complexity index is 764. The lowest BCUT2D eigenvalue weighted by Crippen LogP contribution is -2.13. The van der Waals surface area contributed by atoms with Crippen molar-refractivity contribution in [1.82, 2.24) is 15.2 Å². The maximum atomic E-state index is 6.26. The average molecular weight is 294 g/mol. The van der Waals surface area contributed by atoms with Crippen LogP contribution in [0.4, 0.5) is 0 Å². The van der Waals surface area contributed by atoms with Gasteiger partial charge in [-0.3, -0.25) is 5.10 Å². The van der Waals surface area contributed by atoms with Crippen molar-refractivity contribution in [3.05, 3.63) is 65.5 Å². The van der Waals surface area contributed by atoms with Crippen LogP contribution in [0.3, 0.4) is 0 Å². The zero-order valence-corrected chi connectivity index (χ0v) is 12.6. The third kappa shape index (κ3) is 2.84. The minimum Gasteiger partial charge on any atom is -0.497 e. The fourth-order valence-corrected chi connectivity index (χ4v) is 2.24. The van der Waals surface area contributed by atoms with Crippen LogP contribution in [0.2, 0.25) is 0 Å². The second-order valence-electron chi connectivity index (χ2n) is 5.16. The van der Waals surface area contributed by atoms with Crippen molar-refractivity contribution in [3.8, 4) is 17.1 Å². The molecule has 3 aromatic rings. The Morgan fingerprint density at radius 1 is 1.14 bits per heavy atom. The molecule has 5 nitrogen and oxygen atoms in total. The Balaban J connectivity index is 1.88. The average Bonchev–Trinajstić information content (AvgIpc) is 3.05. The van der Waals surface area contributed by atoms with Crippen molar-refractivity contribution < 1.29 is 4.74 Å². The van der Waals surface area contributed by atoms with E-state index in [2.05, 4.69) is 15.2 Å². The molecule has 1 atom stereocenters. The highest BCUT2D eigenvalue weighted by molar-refractivity contribution is 5.57. The molecule has 1 heterocycles. The second-order valence-corrected chi connectivity index (χ2v) is 5.16. The van der Waals surface area contributed by atoms with Gasteiger partial charge in [0, 0.05) is 5.56 Å². The monoisotopic (exact) mass is 294 g/mol. The molecule has 0 radical (unpaired) electrons. The van der Waals surface area contributed by atoms with Gasteiger partial charge in [0.25, 0.3) is 0 Å². The lowest BCUT2D eigenvalue weighted by molar-refractivity contribution is 0.415. The summed E-state index contributed by atoms with van der Waals surface area (Å²) in [6, 6.07) is 15.4. The van der Waals surface area contributed by atoms with Crippen LogP contribution in [0.1, 0.15) is 23.0 Å². The second kappa shape index (κ2) is 5.99. The molecule has 2 aromatic carbocycles. The molecule has 0 bridgehead atoms. The molecule has 0 spiro atoms. The van der Waals surface area contributed by atoms with Gasteiger partial charge in [-0.15, -0.1) is 0 Å². The highest BCUT2D eigenvalue weighted by atomic mass is 16.5. The molecule has 0 fully saturated rings. The third-order valence-corrected chi connectivity index (χ3v) is 3.56. The molecule has 1 aromatic heterocycles. The van der Waals surface area contributed by atoms with Crippen LogP contribution in [0, 0.1) is 6.92 Å². The van der Waals surface area contributed by atoms with Crippen LogP contribution in [-0.4, -0.2) is 22.3 Å². The molecule has 0 saturated heterocycles. The van der Waals surface area contributed by atoms with E-state index < -0.39 is 0 Å². The van der Waals surface area contributed by atoms with Gasteiger partial charge in [0.1, 0.15) is 11.6 Å². The fourth-order valence-electron chi connectivity index (χ4n) is 2.24. The standard InChI is InChI=1S/C17H18N4O/c1-11-6-8-12(9-7-11)15(18)17-19-16(20-21-17)13-4-3-5-14(10-13)22-2/h3-10,15H,18H2,1-2H3,(H,19,20,21). The first kappa shape index (κ1) is 14.3. The maximum Gasteiger partial charge on any atom is 0.181 e. The van der Waals surface area contributed by atoms with Gasteiger partial charge in [0.05, 0.1) is 13.2 Å². The van der Waals surface area contributed by atoms with Crippen LogP contribution in [0.5, 0.6) is 5.75 Å². The molecule has 3 N–H and O–H groups in total. The largest absolute Gasteiger partial charge is 0.497 e. The quantitative estimate of drug-likeness (QED) is 0.775.